The Kier molecular flexibility index (Phi) is 10.3. The molecule has 0 aromatic heterocycles. The highest BCUT2D eigenvalue weighted by molar-refractivity contribution is 5.75. The van der Waals surface area contributed by atoms with Crippen molar-refractivity contribution in [3.63, 3.8) is 0 Å². The maximum Gasteiger partial charge on any atom is 0.407 e. The number of ether oxygens (including phenoxy) is 2. The zero-order valence-electron chi connectivity index (χ0n) is 15.4. The molecule has 0 spiro atoms. The third-order valence-corrected chi connectivity index (χ3v) is 3.66. The SMILES string of the molecule is COC(=O)[C@H](CCCCNC(=O)OCc1ccccc1)NCC(C)C. The molecule has 0 heterocycles. The van der Waals surface area contributed by atoms with Crippen molar-refractivity contribution in [2.75, 3.05) is 20.2 Å². The summed E-state index contributed by atoms with van der Waals surface area (Å²) in [7, 11) is 1.40. The van der Waals surface area contributed by atoms with Crippen LogP contribution >= 0.6 is 0 Å². The van der Waals surface area contributed by atoms with Crippen molar-refractivity contribution in [1.29, 1.82) is 0 Å². The predicted octanol–water partition coefficient (Wildman–Crippen LogP) is 2.87. The van der Waals surface area contributed by atoms with E-state index in [2.05, 4.69) is 24.5 Å². The van der Waals surface area contributed by atoms with Gasteiger partial charge in [-0.1, -0.05) is 44.2 Å². The molecule has 1 aromatic rings. The first-order valence-corrected chi connectivity index (χ1v) is 8.78. The molecular formula is C19H30N2O4. The van der Waals surface area contributed by atoms with Gasteiger partial charge in [0, 0.05) is 6.54 Å². The highest BCUT2D eigenvalue weighted by Crippen LogP contribution is 2.04. The molecule has 140 valence electrons. The summed E-state index contributed by atoms with van der Waals surface area (Å²) in [4.78, 5) is 23.4. The molecule has 6 nitrogen and oxygen atoms in total. The van der Waals surface area contributed by atoms with Crippen molar-refractivity contribution in [3.05, 3.63) is 35.9 Å². The lowest BCUT2D eigenvalue weighted by Gasteiger charge is -2.17. The van der Waals surface area contributed by atoms with Crippen LogP contribution in [0.3, 0.4) is 0 Å². The highest BCUT2D eigenvalue weighted by atomic mass is 16.5. The van der Waals surface area contributed by atoms with Crippen molar-refractivity contribution in [1.82, 2.24) is 10.6 Å². The molecule has 0 aliphatic carbocycles. The fourth-order valence-electron chi connectivity index (χ4n) is 2.26. The Bertz CT molecular complexity index is 505. The van der Waals surface area contributed by atoms with Crippen LogP contribution in [-0.2, 0) is 20.9 Å². The molecule has 1 aromatic carbocycles. The van der Waals surface area contributed by atoms with Gasteiger partial charge in [-0.25, -0.2) is 4.79 Å². The van der Waals surface area contributed by atoms with Gasteiger partial charge in [0.2, 0.25) is 0 Å². The minimum absolute atomic E-state index is 0.240. The number of nitrogens with one attached hydrogen (secondary N) is 2. The quantitative estimate of drug-likeness (QED) is 0.474. The van der Waals surface area contributed by atoms with Gasteiger partial charge in [-0.15, -0.1) is 0 Å². The average molecular weight is 350 g/mol. The molecule has 0 fully saturated rings. The maximum absolute atomic E-state index is 11.7. The van der Waals surface area contributed by atoms with E-state index in [0.29, 0.717) is 18.9 Å². The summed E-state index contributed by atoms with van der Waals surface area (Å²) in [6, 6.07) is 9.25. The Morgan fingerprint density at radius 2 is 1.84 bits per heavy atom. The smallest absolute Gasteiger partial charge is 0.407 e. The van der Waals surface area contributed by atoms with Crippen molar-refractivity contribution in [2.45, 2.75) is 45.8 Å². The van der Waals surface area contributed by atoms with Crippen LogP contribution in [0.2, 0.25) is 0 Å². The molecule has 6 heteroatoms. The second kappa shape index (κ2) is 12.3. The van der Waals surface area contributed by atoms with E-state index in [9.17, 15) is 9.59 Å². The monoisotopic (exact) mass is 350 g/mol. The van der Waals surface area contributed by atoms with Crippen LogP contribution in [0, 0.1) is 5.92 Å². The first-order valence-electron chi connectivity index (χ1n) is 8.78. The molecular weight excluding hydrogens is 320 g/mol. The normalized spacial score (nSPS) is 11.8. The molecule has 0 saturated carbocycles. The van der Waals surface area contributed by atoms with Gasteiger partial charge < -0.3 is 20.1 Å². The van der Waals surface area contributed by atoms with Gasteiger partial charge in [0.05, 0.1) is 7.11 Å². The van der Waals surface area contributed by atoms with Crippen molar-refractivity contribution < 1.29 is 19.1 Å². The standard InChI is InChI=1S/C19H30N2O4/c1-15(2)13-21-17(18(22)24-3)11-7-8-12-20-19(23)25-14-16-9-5-4-6-10-16/h4-6,9-10,15,17,21H,7-8,11-14H2,1-3H3,(H,20,23)/t17-/m0/s1. The third-order valence-electron chi connectivity index (χ3n) is 3.66. The molecule has 0 radical (unpaired) electrons. The van der Waals surface area contributed by atoms with Gasteiger partial charge in [0.1, 0.15) is 12.6 Å². The summed E-state index contributed by atoms with van der Waals surface area (Å²) in [6.45, 7) is 5.73. The number of esters is 1. The van der Waals surface area contributed by atoms with Crippen LogP contribution in [-0.4, -0.2) is 38.3 Å². The molecule has 0 bridgehead atoms. The molecule has 0 unspecified atom stereocenters. The van der Waals surface area contributed by atoms with Gasteiger partial charge in [-0.05, 0) is 37.3 Å². The lowest BCUT2D eigenvalue weighted by molar-refractivity contribution is -0.143. The first-order chi connectivity index (χ1) is 12.0. The number of unbranched alkanes of at least 4 members (excludes halogenated alkanes) is 1. The third kappa shape index (κ3) is 9.72. The summed E-state index contributed by atoms with van der Waals surface area (Å²) >= 11 is 0. The molecule has 0 aliphatic heterocycles. The zero-order valence-corrected chi connectivity index (χ0v) is 15.4. The van der Waals surface area contributed by atoms with Crippen LogP contribution < -0.4 is 10.6 Å². The summed E-state index contributed by atoms with van der Waals surface area (Å²) < 4.78 is 9.96. The summed E-state index contributed by atoms with van der Waals surface area (Å²) in [5.41, 5.74) is 0.954. The van der Waals surface area contributed by atoms with E-state index in [-0.39, 0.29) is 18.6 Å². The van der Waals surface area contributed by atoms with Crippen molar-refractivity contribution in [3.8, 4) is 0 Å². The number of carbonyl (C=O) groups is 2. The van der Waals surface area contributed by atoms with Crippen LogP contribution in [0.25, 0.3) is 0 Å². The van der Waals surface area contributed by atoms with Crippen molar-refractivity contribution >= 4 is 12.1 Å². The maximum atomic E-state index is 11.7. The van der Waals surface area contributed by atoms with Gasteiger partial charge in [0.15, 0.2) is 0 Å². The molecule has 0 aliphatic rings. The number of benzene rings is 1. The number of alkyl carbamates (subject to hydrolysis) is 1. The number of rotatable bonds is 11. The number of hydrogen-bond donors (Lipinski definition) is 2. The molecule has 0 saturated heterocycles. The fourth-order valence-corrected chi connectivity index (χ4v) is 2.26. The van der Waals surface area contributed by atoms with Crippen molar-refractivity contribution in [2.24, 2.45) is 5.92 Å². The highest BCUT2D eigenvalue weighted by Gasteiger charge is 2.18. The number of methoxy groups -OCH3 is 1. The van der Waals surface area contributed by atoms with E-state index in [0.717, 1.165) is 24.9 Å². The minimum atomic E-state index is -0.425. The topological polar surface area (TPSA) is 76.7 Å². The van der Waals surface area contributed by atoms with Gasteiger partial charge >= 0.3 is 12.1 Å². The Morgan fingerprint density at radius 3 is 2.48 bits per heavy atom. The second-order valence-corrected chi connectivity index (χ2v) is 6.36. The van der Waals surface area contributed by atoms with Gasteiger partial charge in [-0.2, -0.15) is 0 Å². The number of carbonyl (C=O) groups excluding carboxylic acids is 2. The first kappa shape index (κ1) is 21.0. The van der Waals surface area contributed by atoms with Crippen LogP contribution in [0.15, 0.2) is 30.3 Å². The summed E-state index contributed by atoms with van der Waals surface area (Å²) in [5.74, 6) is 0.226. The van der Waals surface area contributed by atoms with Gasteiger partial charge in [-0.3, -0.25) is 4.79 Å². The van der Waals surface area contributed by atoms with E-state index < -0.39 is 6.09 Å². The fraction of sp³-hybridized carbons (Fsp3) is 0.579. The molecule has 2 N–H and O–H groups in total. The summed E-state index contributed by atoms with van der Waals surface area (Å²) in [5, 5.41) is 5.94. The zero-order chi connectivity index (χ0) is 18.5. The van der Waals surface area contributed by atoms with E-state index in [1.54, 1.807) is 0 Å². The Hall–Kier alpha value is -2.08. The largest absolute Gasteiger partial charge is 0.468 e. The van der Waals surface area contributed by atoms with E-state index in [1.807, 2.05) is 30.3 Å². The number of hydrogen-bond acceptors (Lipinski definition) is 5. The Balaban J connectivity index is 2.15. The second-order valence-electron chi connectivity index (χ2n) is 6.36. The van der Waals surface area contributed by atoms with E-state index >= 15 is 0 Å². The summed E-state index contributed by atoms with van der Waals surface area (Å²) in [6.07, 6.45) is 1.84. The van der Waals surface area contributed by atoms with Crippen LogP contribution in [0.5, 0.6) is 0 Å². The van der Waals surface area contributed by atoms with E-state index in [4.69, 9.17) is 9.47 Å². The number of amides is 1. The molecule has 25 heavy (non-hydrogen) atoms. The van der Waals surface area contributed by atoms with E-state index in [1.165, 1.54) is 7.11 Å². The van der Waals surface area contributed by atoms with Crippen LogP contribution in [0.4, 0.5) is 4.79 Å². The predicted molar refractivity (Wildman–Crippen MR) is 97.1 cm³/mol. The average Bonchev–Trinajstić information content (AvgIpc) is 2.62. The Labute approximate surface area is 150 Å². The lowest BCUT2D eigenvalue weighted by Crippen LogP contribution is -2.39. The van der Waals surface area contributed by atoms with Crippen LogP contribution in [0.1, 0.15) is 38.7 Å². The Morgan fingerprint density at radius 1 is 1.12 bits per heavy atom. The molecule has 1 amide bonds. The lowest BCUT2D eigenvalue weighted by atomic mass is 10.1. The molecule has 1 atom stereocenters. The van der Waals surface area contributed by atoms with Gasteiger partial charge in [0.25, 0.3) is 0 Å². The molecule has 1 rings (SSSR count). The minimum Gasteiger partial charge on any atom is -0.468 e.